The highest BCUT2D eigenvalue weighted by molar-refractivity contribution is 5.92. The summed E-state index contributed by atoms with van der Waals surface area (Å²) < 4.78 is 12.9. The number of benzene rings is 1. The van der Waals surface area contributed by atoms with Gasteiger partial charge in [-0.25, -0.2) is 14.6 Å². The molecule has 0 spiro atoms. The van der Waals surface area contributed by atoms with Crippen molar-refractivity contribution in [2.45, 2.75) is 13.8 Å². The number of hydrogen-bond donors (Lipinski definition) is 0. The second kappa shape index (κ2) is 5.92. The third-order valence-electron chi connectivity index (χ3n) is 3.13. The van der Waals surface area contributed by atoms with Gasteiger partial charge in [-0.15, -0.1) is 5.10 Å². The van der Waals surface area contributed by atoms with Crippen molar-refractivity contribution in [3.8, 4) is 23.0 Å². The molecule has 0 amide bonds. The van der Waals surface area contributed by atoms with Gasteiger partial charge in [-0.05, 0) is 30.3 Å². The molecule has 0 aliphatic rings. The normalized spacial score (nSPS) is 10.9. The molecule has 1 aromatic carbocycles. The van der Waals surface area contributed by atoms with Crippen molar-refractivity contribution >= 4 is 10.9 Å². The summed E-state index contributed by atoms with van der Waals surface area (Å²) in [5, 5.41) is 12.3. The van der Waals surface area contributed by atoms with Crippen LogP contribution in [0.3, 0.4) is 0 Å². The Kier molecular flexibility index (Phi) is 3.82. The van der Waals surface area contributed by atoms with E-state index in [0.29, 0.717) is 36.2 Å². The Morgan fingerprint density at radius 3 is 2.41 bits per heavy atom. The van der Waals surface area contributed by atoms with Crippen LogP contribution in [0.2, 0.25) is 0 Å². The second-order valence-electron chi connectivity index (χ2n) is 4.53. The first-order valence-corrected chi connectivity index (χ1v) is 7.01. The predicted octanol–water partition coefficient (Wildman–Crippen LogP) is 1.62. The van der Waals surface area contributed by atoms with Crippen LogP contribution in [0.1, 0.15) is 13.8 Å². The minimum absolute atomic E-state index is 0.542. The SMILES string of the molecule is CCOc1cc2ncnc(-c3nnnn3C)c2cc1OCC. The third kappa shape index (κ3) is 2.43. The van der Waals surface area contributed by atoms with Gasteiger partial charge >= 0.3 is 0 Å². The van der Waals surface area contributed by atoms with Crippen LogP contribution in [0.15, 0.2) is 18.5 Å². The fourth-order valence-corrected chi connectivity index (χ4v) is 2.21. The maximum Gasteiger partial charge on any atom is 0.201 e. The Balaban J connectivity index is 2.23. The van der Waals surface area contributed by atoms with Crippen molar-refractivity contribution < 1.29 is 9.47 Å². The maximum absolute atomic E-state index is 5.66. The highest BCUT2D eigenvalue weighted by atomic mass is 16.5. The van der Waals surface area contributed by atoms with Crippen LogP contribution in [0.5, 0.6) is 11.5 Å². The molecule has 0 radical (unpaired) electrons. The van der Waals surface area contributed by atoms with Crippen LogP contribution < -0.4 is 9.47 Å². The van der Waals surface area contributed by atoms with Gasteiger partial charge in [0.1, 0.15) is 12.0 Å². The lowest BCUT2D eigenvalue weighted by atomic mass is 10.1. The molecular weight excluding hydrogens is 284 g/mol. The fourth-order valence-electron chi connectivity index (χ4n) is 2.21. The van der Waals surface area contributed by atoms with E-state index < -0.39 is 0 Å². The molecule has 8 heteroatoms. The summed E-state index contributed by atoms with van der Waals surface area (Å²) in [6, 6.07) is 3.71. The van der Waals surface area contributed by atoms with E-state index in [1.807, 2.05) is 26.0 Å². The van der Waals surface area contributed by atoms with E-state index in [9.17, 15) is 0 Å². The van der Waals surface area contributed by atoms with E-state index in [4.69, 9.17) is 9.47 Å². The van der Waals surface area contributed by atoms with Gasteiger partial charge in [-0.3, -0.25) is 0 Å². The Labute approximate surface area is 127 Å². The number of nitrogens with zero attached hydrogens (tertiary/aromatic N) is 6. The average molecular weight is 300 g/mol. The fraction of sp³-hybridized carbons (Fsp3) is 0.357. The Bertz CT molecular complexity index is 801. The van der Waals surface area contributed by atoms with Gasteiger partial charge in [-0.1, -0.05) is 0 Å². The Morgan fingerprint density at radius 1 is 1.05 bits per heavy atom. The van der Waals surface area contributed by atoms with E-state index in [-0.39, 0.29) is 0 Å². The first-order chi connectivity index (χ1) is 10.7. The smallest absolute Gasteiger partial charge is 0.201 e. The maximum atomic E-state index is 5.66. The molecule has 0 N–H and O–H groups in total. The molecule has 0 bridgehead atoms. The molecule has 0 saturated heterocycles. The molecule has 0 saturated carbocycles. The van der Waals surface area contributed by atoms with Gasteiger partial charge in [-0.2, -0.15) is 0 Å². The van der Waals surface area contributed by atoms with E-state index in [1.165, 1.54) is 6.33 Å². The average Bonchev–Trinajstić information content (AvgIpc) is 2.94. The van der Waals surface area contributed by atoms with E-state index in [0.717, 1.165) is 10.9 Å². The van der Waals surface area contributed by atoms with E-state index >= 15 is 0 Å². The summed E-state index contributed by atoms with van der Waals surface area (Å²) in [6.45, 7) is 4.95. The summed E-state index contributed by atoms with van der Waals surface area (Å²) in [5.41, 5.74) is 1.40. The van der Waals surface area contributed by atoms with Crippen LogP contribution in [0.25, 0.3) is 22.4 Å². The number of aromatic nitrogens is 6. The van der Waals surface area contributed by atoms with Crippen LogP contribution in [-0.4, -0.2) is 43.4 Å². The van der Waals surface area contributed by atoms with Crippen LogP contribution in [0.4, 0.5) is 0 Å². The summed E-state index contributed by atoms with van der Waals surface area (Å²) in [6.07, 6.45) is 1.49. The van der Waals surface area contributed by atoms with Crippen molar-refractivity contribution in [1.29, 1.82) is 0 Å². The van der Waals surface area contributed by atoms with Crippen LogP contribution in [0, 0.1) is 0 Å². The summed E-state index contributed by atoms with van der Waals surface area (Å²) in [5.74, 6) is 1.89. The highest BCUT2D eigenvalue weighted by Crippen LogP contribution is 2.34. The first kappa shape index (κ1) is 14.2. The summed E-state index contributed by atoms with van der Waals surface area (Å²) in [4.78, 5) is 8.62. The molecule has 0 unspecified atom stereocenters. The molecule has 0 aliphatic heterocycles. The van der Waals surface area contributed by atoms with Gasteiger partial charge in [0.05, 0.1) is 18.7 Å². The lowest BCUT2D eigenvalue weighted by Gasteiger charge is -2.12. The van der Waals surface area contributed by atoms with Crippen molar-refractivity contribution in [2.24, 2.45) is 7.05 Å². The standard InChI is InChI=1S/C14H16N6O2/c1-4-21-11-6-9-10(7-12(11)22-5-2)15-8-16-13(9)14-17-18-19-20(14)3/h6-8H,4-5H2,1-3H3. The quantitative estimate of drug-likeness (QED) is 0.707. The number of tetrazole rings is 1. The van der Waals surface area contributed by atoms with Gasteiger partial charge in [0.2, 0.25) is 5.82 Å². The van der Waals surface area contributed by atoms with Gasteiger partial charge in [0.15, 0.2) is 11.5 Å². The van der Waals surface area contributed by atoms with Crippen molar-refractivity contribution in [3.05, 3.63) is 18.5 Å². The zero-order chi connectivity index (χ0) is 15.5. The van der Waals surface area contributed by atoms with Gasteiger partial charge in [0.25, 0.3) is 0 Å². The van der Waals surface area contributed by atoms with Crippen molar-refractivity contribution in [1.82, 2.24) is 30.2 Å². The lowest BCUT2D eigenvalue weighted by Crippen LogP contribution is -2.01. The van der Waals surface area contributed by atoms with E-state index in [2.05, 4.69) is 25.5 Å². The van der Waals surface area contributed by atoms with Crippen LogP contribution in [-0.2, 0) is 7.05 Å². The van der Waals surface area contributed by atoms with Crippen molar-refractivity contribution in [2.75, 3.05) is 13.2 Å². The van der Waals surface area contributed by atoms with Crippen LogP contribution >= 0.6 is 0 Å². The number of aryl methyl sites for hydroxylation is 1. The summed E-state index contributed by atoms with van der Waals surface area (Å²) in [7, 11) is 1.77. The minimum Gasteiger partial charge on any atom is -0.490 e. The molecular formula is C14H16N6O2. The topological polar surface area (TPSA) is 87.8 Å². The predicted molar refractivity (Wildman–Crippen MR) is 79.7 cm³/mol. The molecule has 3 aromatic rings. The molecule has 22 heavy (non-hydrogen) atoms. The number of ether oxygens (including phenoxy) is 2. The van der Waals surface area contributed by atoms with Crippen molar-refractivity contribution in [3.63, 3.8) is 0 Å². The zero-order valence-electron chi connectivity index (χ0n) is 12.6. The Morgan fingerprint density at radius 2 is 1.77 bits per heavy atom. The molecule has 0 fully saturated rings. The van der Waals surface area contributed by atoms with Gasteiger partial charge < -0.3 is 9.47 Å². The molecule has 3 rings (SSSR count). The lowest BCUT2D eigenvalue weighted by molar-refractivity contribution is 0.288. The third-order valence-corrected chi connectivity index (χ3v) is 3.13. The highest BCUT2D eigenvalue weighted by Gasteiger charge is 2.16. The monoisotopic (exact) mass is 300 g/mol. The molecule has 2 heterocycles. The molecule has 114 valence electrons. The summed E-state index contributed by atoms with van der Waals surface area (Å²) >= 11 is 0. The van der Waals surface area contributed by atoms with Gasteiger partial charge in [0, 0.05) is 18.5 Å². The molecule has 8 nitrogen and oxygen atoms in total. The molecule has 0 atom stereocenters. The Hall–Kier alpha value is -2.77. The number of rotatable bonds is 5. The second-order valence-corrected chi connectivity index (χ2v) is 4.53. The first-order valence-electron chi connectivity index (χ1n) is 7.01. The minimum atomic E-state index is 0.542. The zero-order valence-corrected chi connectivity index (χ0v) is 12.6. The largest absolute Gasteiger partial charge is 0.490 e. The number of fused-ring (bicyclic) bond motifs is 1. The number of hydrogen-bond acceptors (Lipinski definition) is 7. The molecule has 0 aliphatic carbocycles. The molecule has 2 aromatic heterocycles. The van der Waals surface area contributed by atoms with E-state index in [1.54, 1.807) is 11.7 Å².